The van der Waals surface area contributed by atoms with Crippen molar-refractivity contribution in [3.8, 4) is 21.8 Å². The van der Waals surface area contributed by atoms with Crippen molar-refractivity contribution in [1.82, 2.24) is 4.98 Å². The van der Waals surface area contributed by atoms with Crippen molar-refractivity contribution >= 4 is 33.9 Å². The molecule has 0 bridgehead atoms. The van der Waals surface area contributed by atoms with Crippen LogP contribution in [0.3, 0.4) is 0 Å². The number of carbonyl (C=O) groups is 1. The van der Waals surface area contributed by atoms with Gasteiger partial charge in [0.05, 0.1) is 5.69 Å². The Morgan fingerprint density at radius 1 is 0.900 bits per heavy atom. The van der Waals surface area contributed by atoms with Crippen LogP contribution in [-0.4, -0.2) is 10.9 Å². The third-order valence-electron chi connectivity index (χ3n) is 5.01. The molecule has 0 aliphatic carbocycles. The largest absolute Gasteiger partial charge is 0.451 e. The molecule has 0 saturated heterocycles. The molecule has 0 spiro atoms. The van der Waals surface area contributed by atoms with Gasteiger partial charge in [-0.05, 0) is 25.1 Å². The number of fused-ring (bicyclic) bond motifs is 1. The summed E-state index contributed by atoms with van der Waals surface area (Å²) in [6.07, 6.45) is 0. The topological polar surface area (TPSA) is 55.1 Å². The molecule has 0 unspecified atom stereocenters. The van der Waals surface area contributed by atoms with E-state index in [4.69, 9.17) is 9.40 Å². The second-order valence-corrected chi connectivity index (χ2v) is 7.85. The lowest BCUT2D eigenvalue weighted by molar-refractivity contribution is 0.0998. The monoisotopic (exact) mass is 410 g/mol. The van der Waals surface area contributed by atoms with Gasteiger partial charge in [-0.2, -0.15) is 0 Å². The first-order chi connectivity index (χ1) is 14.7. The van der Waals surface area contributed by atoms with Crippen molar-refractivity contribution in [2.24, 2.45) is 0 Å². The zero-order valence-electron chi connectivity index (χ0n) is 16.3. The number of rotatable bonds is 4. The van der Waals surface area contributed by atoms with Gasteiger partial charge in [-0.3, -0.25) is 4.79 Å². The molecule has 1 N–H and O–H groups in total. The van der Waals surface area contributed by atoms with E-state index < -0.39 is 0 Å². The molecule has 5 aromatic rings. The highest BCUT2D eigenvalue weighted by Gasteiger charge is 2.17. The number of amides is 1. The Balaban J connectivity index is 1.34. The van der Waals surface area contributed by atoms with Crippen LogP contribution in [0.1, 0.15) is 16.1 Å². The minimum absolute atomic E-state index is 0.253. The Labute approximate surface area is 177 Å². The average molecular weight is 410 g/mol. The number of nitrogens with one attached hydrogen (secondary N) is 1. The normalized spacial score (nSPS) is 11.0. The van der Waals surface area contributed by atoms with Crippen LogP contribution in [0.4, 0.5) is 5.69 Å². The van der Waals surface area contributed by atoms with Gasteiger partial charge in [0.15, 0.2) is 5.76 Å². The number of para-hydroxylation sites is 1. The van der Waals surface area contributed by atoms with Crippen LogP contribution in [0.5, 0.6) is 0 Å². The summed E-state index contributed by atoms with van der Waals surface area (Å²) in [6.45, 7) is 1.90. The number of benzene rings is 3. The zero-order chi connectivity index (χ0) is 20.5. The Kier molecular flexibility index (Phi) is 4.65. The first kappa shape index (κ1) is 18.3. The highest BCUT2D eigenvalue weighted by atomic mass is 32.1. The Morgan fingerprint density at radius 3 is 2.40 bits per heavy atom. The van der Waals surface area contributed by atoms with Gasteiger partial charge in [0.25, 0.3) is 5.91 Å². The molecule has 0 atom stereocenters. The fourth-order valence-corrected chi connectivity index (χ4v) is 4.26. The lowest BCUT2D eigenvalue weighted by Gasteiger charge is -2.05. The van der Waals surface area contributed by atoms with Crippen molar-refractivity contribution in [3.05, 3.63) is 95.6 Å². The molecule has 146 valence electrons. The van der Waals surface area contributed by atoms with Crippen LogP contribution >= 0.6 is 11.3 Å². The fraction of sp³-hybridized carbons (Fsp3) is 0.0400. The quantitative estimate of drug-likeness (QED) is 0.355. The number of thiazole rings is 1. The van der Waals surface area contributed by atoms with Crippen molar-refractivity contribution < 1.29 is 9.21 Å². The summed E-state index contributed by atoms with van der Waals surface area (Å²) in [6, 6.07) is 25.5. The van der Waals surface area contributed by atoms with E-state index in [0.717, 1.165) is 32.8 Å². The lowest BCUT2D eigenvalue weighted by atomic mass is 10.1. The van der Waals surface area contributed by atoms with Gasteiger partial charge in [-0.25, -0.2) is 4.98 Å². The molecule has 0 aliphatic heterocycles. The number of aromatic nitrogens is 1. The standard InChI is InChI=1S/C25H18N2O2S/c1-16-20-9-5-6-10-22(20)29-23(16)24(28)26-19-13-11-17(12-14-19)21-15-30-25(27-21)18-7-3-2-4-8-18/h2-15H,1H3,(H,26,28). The summed E-state index contributed by atoms with van der Waals surface area (Å²) >= 11 is 1.62. The second-order valence-electron chi connectivity index (χ2n) is 6.99. The van der Waals surface area contributed by atoms with E-state index in [1.807, 2.05) is 79.0 Å². The molecule has 5 rings (SSSR count). The molecular formula is C25H18N2O2S. The van der Waals surface area contributed by atoms with Gasteiger partial charge in [0.1, 0.15) is 10.6 Å². The summed E-state index contributed by atoms with van der Waals surface area (Å²) in [4.78, 5) is 17.4. The van der Waals surface area contributed by atoms with E-state index in [9.17, 15) is 4.79 Å². The Bertz CT molecular complexity index is 1330. The number of nitrogens with zero attached hydrogens (tertiary/aromatic N) is 1. The molecule has 5 heteroatoms. The number of carbonyl (C=O) groups excluding carboxylic acids is 1. The molecule has 0 saturated carbocycles. The molecule has 30 heavy (non-hydrogen) atoms. The zero-order valence-corrected chi connectivity index (χ0v) is 17.1. The SMILES string of the molecule is Cc1c(C(=O)Nc2ccc(-c3csc(-c4ccccc4)n3)cc2)oc2ccccc12. The highest BCUT2D eigenvalue weighted by Crippen LogP contribution is 2.30. The summed E-state index contributed by atoms with van der Waals surface area (Å²) in [7, 11) is 0. The van der Waals surface area contributed by atoms with Gasteiger partial charge in [-0.1, -0.05) is 60.7 Å². The number of anilines is 1. The summed E-state index contributed by atoms with van der Waals surface area (Å²) in [5.41, 5.74) is 5.31. The van der Waals surface area contributed by atoms with Crippen molar-refractivity contribution in [2.45, 2.75) is 6.92 Å². The number of aryl methyl sites for hydroxylation is 1. The van der Waals surface area contributed by atoms with Crippen LogP contribution in [-0.2, 0) is 0 Å². The van der Waals surface area contributed by atoms with E-state index in [-0.39, 0.29) is 5.91 Å². The second kappa shape index (κ2) is 7.61. The molecule has 0 fully saturated rings. The van der Waals surface area contributed by atoms with Gasteiger partial charge < -0.3 is 9.73 Å². The first-order valence-electron chi connectivity index (χ1n) is 9.60. The summed E-state index contributed by atoms with van der Waals surface area (Å²) in [5, 5.41) is 6.91. The molecule has 1 amide bonds. The molecular weight excluding hydrogens is 392 g/mol. The highest BCUT2D eigenvalue weighted by molar-refractivity contribution is 7.13. The van der Waals surface area contributed by atoms with Crippen molar-refractivity contribution in [2.75, 3.05) is 5.32 Å². The molecule has 0 radical (unpaired) electrons. The van der Waals surface area contributed by atoms with Crippen molar-refractivity contribution in [1.29, 1.82) is 0 Å². The fourth-order valence-electron chi connectivity index (χ4n) is 3.42. The van der Waals surface area contributed by atoms with Crippen LogP contribution in [0, 0.1) is 6.92 Å². The maximum absolute atomic E-state index is 12.7. The summed E-state index contributed by atoms with van der Waals surface area (Å²) < 4.78 is 5.75. The summed E-state index contributed by atoms with van der Waals surface area (Å²) in [5.74, 6) is 0.0868. The van der Waals surface area contributed by atoms with E-state index in [1.54, 1.807) is 11.3 Å². The Morgan fingerprint density at radius 2 is 1.63 bits per heavy atom. The van der Waals surface area contributed by atoms with Gasteiger partial charge >= 0.3 is 0 Å². The minimum Gasteiger partial charge on any atom is -0.451 e. The predicted octanol–water partition coefficient (Wildman–Crippen LogP) is 6.78. The molecule has 0 aliphatic rings. The smallest absolute Gasteiger partial charge is 0.291 e. The molecule has 2 aromatic heterocycles. The maximum atomic E-state index is 12.7. The first-order valence-corrected chi connectivity index (χ1v) is 10.5. The molecule has 2 heterocycles. The maximum Gasteiger partial charge on any atom is 0.291 e. The van der Waals surface area contributed by atoms with E-state index in [1.165, 1.54) is 0 Å². The van der Waals surface area contributed by atoms with Crippen molar-refractivity contribution in [3.63, 3.8) is 0 Å². The van der Waals surface area contributed by atoms with Gasteiger partial charge in [-0.15, -0.1) is 11.3 Å². The van der Waals surface area contributed by atoms with Crippen LogP contribution in [0.15, 0.2) is 88.7 Å². The average Bonchev–Trinajstić information content (AvgIpc) is 3.41. The van der Waals surface area contributed by atoms with Crippen LogP contribution < -0.4 is 5.32 Å². The van der Waals surface area contributed by atoms with E-state index in [0.29, 0.717) is 17.0 Å². The third kappa shape index (κ3) is 3.40. The number of furan rings is 1. The third-order valence-corrected chi connectivity index (χ3v) is 5.90. The van der Waals surface area contributed by atoms with Crippen LogP contribution in [0.2, 0.25) is 0 Å². The van der Waals surface area contributed by atoms with E-state index in [2.05, 4.69) is 17.4 Å². The van der Waals surface area contributed by atoms with E-state index >= 15 is 0 Å². The number of hydrogen-bond acceptors (Lipinski definition) is 4. The Hall–Kier alpha value is -3.70. The lowest BCUT2D eigenvalue weighted by Crippen LogP contribution is -2.11. The van der Waals surface area contributed by atoms with Gasteiger partial charge in [0, 0.05) is 33.1 Å². The van der Waals surface area contributed by atoms with Gasteiger partial charge in [0.2, 0.25) is 0 Å². The molecule has 3 aromatic carbocycles. The van der Waals surface area contributed by atoms with Crippen LogP contribution in [0.25, 0.3) is 32.8 Å². The number of hydrogen-bond donors (Lipinski definition) is 1. The molecule has 4 nitrogen and oxygen atoms in total. The predicted molar refractivity (Wildman–Crippen MR) is 122 cm³/mol. The minimum atomic E-state index is -0.253.